The van der Waals surface area contributed by atoms with Crippen LogP contribution in [0.1, 0.15) is 26.2 Å². The van der Waals surface area contributed by atoms with Crippen molar-refractivity contribution in [3.63, 3.8) is 0 Å². The summed E-state index contributed by atoms with van der Waals surface area (Å²) in [6.07, 6.45) is 7.81. The summed E-state index contributed by atoms with van der Waals surface area (Å²) in [7, 11) is -3.03. The van der Waals surface area contributed by atoms with Crippen molar-refractivity contribution in [1.29, 1.82) is 0 Å². The van der Waals surface area contributed by atoms with Gasteiger partial charge in [0.1, 0.15) is 0 Å². The maximum Gasteiger partial charge on any atom is 0.154 e. The molecule has 2 atom stereocenters. The summed E-state index contributed by atoms with van der Waals surface area (Å²) in [5.41, 5.74) is 2.09. The first-order valence-electron chi connectivity index (χ1n) is 5.56. The Balaban J connectivity index is 2.49. The third-order valence-corrected chi connectivity index (χ3v) is 5.45. The Morgan fingerprint density at radius 3 is 2.75 bits per heavy atom. The van der Waals surface area contributed by atoms with Crippen molar-refractivity contribution in [2.24, 2.45) is 5.92 Å². The van der Waals surface area contributed by atoms with Crippen LogP contribution in [0.25, 0.3) is 0 Å². The fraction of sp³-hybridized carbons (Fsp3) is 0.583. The highest BCUT2D eigenvalue weighted by Crippen LogP contribution is 2.41. The third kappa shape index (κ3) is 1.89. The Kier molecular flexibility index (Phi) is 3.05. The molecule has 4 heteroatoms. The van der Waals surface area contributed by atoms with E-state index in [2.05, 4.69) is 0 Å². The summed E-state index contributed by atoms with van der Waals surface area (Å²) in [6.45, 7) is 2.05. The highest BCUT2D eigenvalue weighted by Gasteiger charge is 2.40. The van der Waals surface area contributed by atoms with Crippen molar-refractivity contribution < 1.29 is 8.42 Å². The van der Waals surface area contributed by atoms with Crippen LogP contribution in [0.15, 0.2) is 23.3 Å². The van der Waals surface area contributed by atoms with Crippen molar-refractivity contribution in [2.75, 3.05) is 6.26 Å². The third-order valence-electron chi connectivity index (χ3n) is 3.47. The minimum absolute atomic E-state index is 0.209. The maximum absolute atomic E-state index is 11.9. The number of thiocarbonyl (C=S) groups is 1. The standard InChI is InChI=1S/C12H16O2S2/c1-3-8-7-10-9(5-4-6-11(10)15)12(8)16(2,13)14/h4-5,8,12H,3,6-7H2,1-2H3. The van der Waals surface area contributed by atoms with E-state index in [1.165, 1.54) is 6.26 Å². The normalized spacial score (nSPS) is 29.8. The van der Waals surface area contributed by atoms with Crippen LogP contribution < -0.4 is 0 Å². The predicted molar refractivity (Wildman–Crippen MR) is 70.4 cm³/mol. The lowest BCUT2D eigenvalue weighted by Crippen LogP contribution is -2.26. The predicted octanol–water partition coefficient (Wildman–Crippen LogP) is 2.46. The van der Waals surface area contributed by atoms with Crippen molar-refractivity contribution in [1.82, 2.24) is 0 Å². The zero-order valence-electron chi connectivity index (χ0n) is 9.56. The van der Waals surface area contributed by atoms with Crippen LogP contribution in [-0.2, 0) is 9.84 Å². The molecular weight excluding hydrogens is 240 g/mol. The van der Waals surface area contributed by atoms with Crippen LogP contribution in [0.4, 0.5) is 0 Å². The molecule has 0 saturated carbocycles. The quantitative estimate of drug-likeness (QED) is 0.712. The summed E-state index contributed by atoms with van der Waals surface area (Å²) in [5.74, 6) is 0.209. The Bertz CT molecular complexity index is 483. The lowest BCUT2D eigenvalue weighted by Gasteiger charge is -2.18. The summed E-state index contributed by atoms with van der Waals surface area (Å²) < 4.78 is 23.7. The Morgan fingerprint density at radius 1 is 1.50 bits per heavy atom. The molecule has 0 aromatic heterocycles. The van der Waals surface area contributed by atoms with Crippen molar-refractivity contribution >= 4 is 26.9 Å². The minimum Gasteiger partial charge on any atom is -0.228 e. The van der Waals surface area contributed by atoms with Gasteiger partial charge < -0.3 is 0 Å². The van der Waals surface area contributed by atoms with Gasteiger partial charge in [-0.05, 0) is 23.5 Å². The smallest absolute Gasteiger partial charge is 0.154 e. The lowest BCUT2D eigenvalue weighted by molar-refractivity contribution is 0.517. The molecule has 2 aliphatic carbocycles. The first-order valence-corrected chi connectivity index (χ1v) is 7.93. The average Bonchev–Trinajstić information content (AvgIpc) is 2.57. The molecule has 88 valence electrons. The molecule has 0 amide bonds. The topological polar surface area (TPSA) is 34.1 Å². The van der Waals surface area contributed by atoms with E-state index in [1.807, 2.05) is 19.1 Å². The minimum atomic E-state index is -3.03. The molecular formula is C12H16O2S2. The molecule has 0 N–H and O–H groups in total. The van der Waals surface area contributed by atoms with Crippen LogP contribution in [0, 0.1) is 5.92 Å². The first kappa shape index (κ1) is 12.0. The van der Waals surface area contributed by atoms with Gasteiger partial charge in [-0.1, -0.05) is 37.7 Å². The van der Waals surface area contributed by atoms with Crippen LogP contribution in [0.5, 0.6) is 0 Å². The van der Waals surface area contributed by atoms with E-state index in [-0.39, 0.29) is 11.2 Å². The van der Waals surface area contributed by atoms with E-state index in [9.17, 15) is 8.42 Å². The number of hydrogen-bond donors (Lipinski definition) is 0. The molecule has 0 bridgehead atoms. The number of sulfone groups is 1. The number of hydrogen-bond acceptors (Lipinski definition) is 3. The van der Waals surface area contributed by atoms with Gasteiger partial charge in [-0.3, -0.25) is 0 Å². The summed E-state index contributed by atoms with van der Waals surface area (Å²) in [5, 5.41) is -0.331. The van der Waals surface area contributed by atoms with E-state index in [1.54, 1.807) is 0 Å². The molecule has 0 aromatic carbocycles. The molecule has 0 aromatic rings. The van der Waals surface area contributed by atoms with Crippen LogP contribution in [-0.4, -0.2) is 24.8 Å². The van der Waals surface area contributed by atoms with Gasteiger partial charge in [-0.25, -0.2) is 8.42 Å². The van der Waals surface area contributed by atoms with Crippen LogP contribution >= 0.6 is 12.2 Å². The lowest BCUT2D eigenvalue weighted by atomic mass is 10.00. The van der Waals surface area contributed by atoms with Gasteiger partial charge in [0.15, 0.2) is 9.84 Å². The van der Waals surface area contributed by atoms with Crippen LogP contribution in [0.2, 0.25) is 0 Å². The molecule has 0 aliphatic heterocycles. The molecule has 0 radical (unpaired) electrons. The second kappa shape index (κ2) is 4.08. The van der Waals surface area contributed by atoms with Gasteiger partial charge in [-0.15, -0.1) is 0 Å². The molecule has 0 spiro atoms. The van der Waals surface area contributed by atoms with Crippen molar-refractivity contribution in [2.45, 2.75) is 31.4 Å². The van der Waals surface area contributed by atoms with E-state index in [0.717, 1.165) is 35.3 Å². The Morgan fingerprint density at radius 2 is 2.19 bits per heavy atom. The largest absolute Gasteiger partial charge is 0.228 e. The molecule has 0 heterocycles. The van der Waals surface area contributed by atoms with Crippen molar-refractivity contribution in [3.8, 4) is 0 Å². The highest BCUT2D eigenvalue weighted by atomic mass is 32.2. The molecule has 2 rings (SSSR count). The number of rotatable bonds is 2. The summed E-state index contributed by atoms with van der Waals surface area (Å²) >= 11 is 5.32. The molecule has 16 heavy (non-hydrogen) atoms. The molecule has 2 nitrogen and oxygen atoms in total. The first-order chi connectivity index (χ1) is 7.45. The molecule has 2 aliphatic rings. The van der Waals surface area contributed by atoms with Gasteiger partial charge in [-0.2, -0.15) is 0 Å². The Labute approximate surface area is 102 Å². The van der Waals surface area contributed by atoms with Gasteiger partial charge in [0.05, 0.1) is 5.25 Å². The number of allylic oxidation sites excluding steroid dienone is 3. The summed E-state index contributed by atoms with van der Waals surface area (Å²) in [6, 6.07) is 0. The Hall–Kier alpha value is -0.480. The highest BCUT2D eigenvalue weighted by molar-refractivity contribution is 7.91. The van der Waals surface area contributed by atoms with E-state index < -0.39 is 9.84 Å². The van der Waals surface area contributed by atoms with Gasteiger partial charge in [0, 0.05) is 17.5 Å². The SMILES string of the molecule is CCC1CC2=C(C=CCC2=S)C1S(C)(=O)=O. The van der Waals surface area contributed by atoms with Gasteiger partial charge in [0.2, 0.25) is 0 Å². The van der Waals surface area contributed by atoms with E-state index >= 15 is 0 Å². The second-order valence-corrected chi connectivity index (χ2v) is 7.25. The van der Waals surface area contributed by atoms with Gasteiger partial charge >= 0.3 is 0 Å². The van der Waals surface area contributed by atoms with E-state index in [0.29, 0.717) is 0 Å². The summed E-state index contributed by atoms with van der Waals surface area (Å²) in [4.78, 5) is 0.933. The van der Waals surface area contributed by atoms with Crippen molar-refractivity contribution in [3.05, 3.63) is 23.3 Å². The maximum atomic E-state index is 11.9. The monoisotopic (exact) mass is 256 g/mol. The fourth-order valence-electron chi connectivity index (χ4n) is 2.74. The van der Waals surface area contributed by atoms with E-state index in [4.69, 9.17) is 12.2 Å². The van der Waals surface area contributed by atoms with Gasteiger partial charge in [0.25, 0.3) is 0 Å². The molecule has 2 unspecified atom stereocenters. The second-order valence-electron chi connectivity index (χ2n) is 4.59. The molecule has 0 saturated heterocycles. The average molecular weight is 256 g/mol. The zero-order chi connectivity index (χ0) is 11.9. The molecule has 0 fully saturated rings. The van der Waals surface area contributed by atoms with Crippen LogP contribution in [0.3, 0.4) is 0 Å². The zero-order valence-corrected chi connectivity index (χ0v) is 11.2. The fourth-order valence-corrected chi connectivity index (χ4v) is 4.71.